The van der Waals surface area contributed by atoms with Crippen molar-refractivity contribution >= 4 is 46.1 Å². The first-order chi connectivity index (χ1) is 22.5. The molecule has 0 amide bonds. The van der Waals surface area contributed by atoms with Gasteiger partial charge in [0.15, 0.2) is 0 Å². The fourth-order valence-corrected chi connectivity index (χ4v) is 27.4. The Morgan fingerprint density at radius 1 is 0.729 bits per heavy atom. The molecule has 3 heteroatoms. The van der Waals surface area contributed by atoms with Crippen molar-refractivity contribution in [3.8, 4) is 11.1 Å². The third kappa shape index (κ3) is 4.40. The fraction of sp³-hybridized carbons (Fsp3) is 0.267. The summed E-state index contributed by atoms with van der Waals surface area (Å²) >= 11 is 8.81. The summed E-state index contributed by atoms with van der Waals surface area (Å²) in [5, 5.41) is 1.49. The van der Waals surface area contributed by atoms with Crippen molar-refractivity contribution in [3.63, 3.8) is 0 Å². The Morgan fingerprint density at radius 2 is 1.31 bits per heavy atom. The molecule has 0 unspecified atom stereocenters. The Balaban J connectivity index is 1.42. The molecule has 0 aliphatic heterocycles. The van der Waals surface area contributed by atoms with E-state index in [0.29, 0.717) is 0 Å². The molecule has 0 fully saturated rings. The molecule has 242 valence electrons. The molecule has 0 nitrogen and oxygen atoms in total. The van der Waals surface area contributed by atoms with Gasteiger partial charge in [0, 0.05) is 0 Å². The molecular weight excluding hydrogens is 703 g/mol. The van der Waals surface area contributed by atoms with Crippen molar-refractivity contribution in [1.29, 1.82) is 0 Å². The van der Waals surface area contributed by atoms with Crippen LogP contribution in [0.2, 0.25) is 10.0 Å². The number of benzene rings is 4. The molecule has 48 heavy (non-hydrogen) atoms. The van der Waals surface area contributed by atoms with E-state index in [1.807, 2.05) is 12.1 Å². The summed E-state index contributed by atoms with van der Waals surface area (Å²) in [4.78, 5) is 0. The van der Waals surface area contributed by atoms with E-state index in [1.165, 1.54) is 63.2 Å². The first kappa shape index (κ1) is 32.4. The van der Waals surface area contributed by atoms with Gasteiger partial charge in [-0.15, -0.1) is 0 Å². The van der Waals surface area contributed by atoms with Crippen molar-refractivity contribution < 1.29 is 18.3 Å². The van der Waals surface area contributed by atoms with Crippen molar-refractivity contribution in [3.05, 3.63) is 147 Å². The molecule has 0 spiro atoms. The molecule has 0 aromatic heterocycles. The molecule has 0 saturated carbocycles. The van der Waals surface area contributed by atoms with E-state index in [1.54, 1.807) is 0 Å². The van der Waals surface area contributed by atoms with Gasteiger partial charge >= 0.3 is 300 Å². The van der Waals surface area contributed by atoms with Crippen LogP contribution in [0.3, 0.4) is 0 Å². The standard InChI is InChI=1S/C23H21.C9H13.2C6H4Cl.CH2.Zr/c1-22(2)7-5-14-10-18-16(12-20(14)22)9-17-13-21-15(11-19(17)18)6-8-23(21,3)4;1-9(2,3)8-6-4-5-7-8;2*7-6-4-2-1-3-5-6;;/h5-7,10-13H,9H2,1-4H3;6-7H,4H2,1-3H3;2*1-2,4-5H;1H2;. The van der Waals surface area contributed by atoms with E-state index in [0.717, 1.165) is 22.9 Å². The normalized spacial score (nSPS) is 18.6. The number of halogens is 2. The molecule has 0 radical (unpaired) electrons. The van der Waals surface area contributed by atoms with Crippen molar-refractivity contribution in [1.82, 2.24) is 0 Å². The molecule has 0 atom stereocenters. The second-order valence-corrected chi connectivity index (χ2v) is 30.6. The first-order valence-corrected chi connectivity index (χ1v) is 24.7. The van der Waals surface area contributed by atoms with Crippen molar-refractivity contribution in [2.24, 2.45) is 5.41 Å². The summed E-state index contributed by atoms with van der Waals surface area (Å²) in [5.41, 5.74) is 12.4. The molecule has 0 bridgehead atoms. The summed E-state index contributed by atoms with van der Waals surface area (Å²) in [7, 11) is 0. The van der Waals surface area contributed by atoms with Crippen LogP contribution in [-0.4, -0.2) is 4.21 Å². The number of hydrogen-bond donors (Lipinski definition) is 0. The number of fused-ring (bicyclic) bond motifs is 5. The first-order valence-electron chi connectivity index (χ1n) is 17.3. The van der Waals surface area contributed by atoms with E-state index in [2.05, 4.69) is 140 Å². The third-order valence-corrected chi connectivity index (χ3v) is 29.6. The van der Waals surface area contributed by atoms with Gasteiger partial charge in [-0.25, -0.2) is 0 Å². The number of rotatable bonds is 4. The Labute approximate surface area is 297 Å². The molecule has 0 N–H and O–H groups in total. The third-order valence-electron chi connectivity index (χ3n) is 12.2. The van der Waals surface area contributed by atoms with Crippen LogP contribution in [0.15, 0.2) is 103 Å². The topological polar surface area (TPSA) is 0 Å². The summed E-state index contributed by atoms with van der Waals surface area (Å²) in [6, 6.07) is 27.1. The van der Waals surface area contributed by atoms with E-state index in [9.17, 15) is 0 Å². The summed E-state index contributed by atoms with van der Waals surface area (Å²) in [6.45, 7) is 16.4. The average Bonchev–Trinajstić information content (AvgIpc) is 3.79. The Bertz CT molecular complexity index is 2240. The molecule has 4 aliphatic rings. The molecular formula is C45H44Cl2Zr. The van der Waals surface area contributed by atoms with E-state index in [-0.39, 0.29) is 16.2 Å². The Hall–Kier alpha value is -2.83. The number of hydrogen-bond acceptors (Lipinski definition) is 0. The molecule has 0 heterocycles. The second kappa shape index (κ2) is 10.4. The summed E-state index contributed by atoms with van der Waals surface area (Å²) < 4.78 is 11.1. The minimum absolute atomic E-state index is 0.0274. The Morgan fingerprint density at radius 3 is 1.88 bits per heavy atom. The summed E-state index contributed by atoms with van der Waals surface area (Å²) in [5.74, 6) is 0. The fourth-order valence-electron chi connectivity index (χ4n) is 9.51. The number of allylic oxidation sites excluding steroid dienone is 6. The maximum absolute atomic E-state index is 6.90. The van der Waals surface area contributed by atoms with Gasteiger partial charge in [-0.05, 0) is 0 Å². The van der Waals surface area contributed by atoms with Crippen molar-refractivity contribution in [2.45, 2.75) is 72.1 Å². The molecule has 4 aromatic rings. The molecule has 8 rings (SSSR count). The van der Waals surface area contributed by atoms with Crippen LogP contribution < -0.4 is 6.54 Å². The zero-order valence-electron chi connectivity index (χ0n) is 29.2. The van der Waals surface area contributed by atoms with E-state index >= 15 is 0 Å². The molecule has 4 aliphatic carbocycles. The summed E-state index contributed by atoms with van der Waals surface area (Å²) in [6.07, 6.45) is 14.0. The Kier molecular flexibility index (Phi) is 6.99. The van der Waals surface area contributed by atoms with E-state index in [4.69, 9.17) is 27.4 Å². The van der Waals surface area contributed by atoms with Gasteiger partial charge < -0.3 is 0 Å². The zero-order valence-corrected chi connectivity index (χ0v) is 33.2. The van der Waals surface area contributed by atoms with Crippen LogP contribution in [0, 0.1) is 5.41 Å². The predicted molar refractivity (Wildman–Crippen MR) is 207 cm³/mol. The molecule has 0 saturated heterocycles. The average molecular weight is 747 g/mol. The van der Waals surface area contributed by atoms with Gasteiger partial charge in [-0.2, -0.15) is 0 Å². The van der Waals surface area contributed by atoms with Gasteiger partial charge in [0.2, 0.25) is 0 Å². The minimum atomic E-state index is -5.00. The van der Waals surface area contributed by atoms with Gasteiger partial charge in [0.1, 0.15) is 0 Å². The van der Waals surface area contributed by atoms with Gasteiger partial charge in [-0.3, -0.25) is 0 Å². The maximum atomic E-state index is 6.90. The SMILES string of the molecule is [CH2]=[Zr]([C]1=CC(C(C)(C)C)=CC1)([C]1=Cc2cc3c(cc2C1(C)C)Cc1cc2c(cc1-3)C=CC2(C)C)([c]1cccc(Cl)c1)[c]1cccc(Cl)c1. The van der Waals surface area contributed by atoms with Gasteiger partial charge in [-0.1, -0.05) is 0 Å². The van der Waals surface area contributed by atoms with Crippen LogP contribution in [-0.2, 0) is 35.5 Å². The predicted octanol–water partition coefficient (Wildman–Crippen LogP) is 11.5. The van der Waals surface area contributed by atoms with E-state index < -0.39 is 18.3 Å². The molecule has 4 aromatic carbocycles. The van der Waals surface area contributed by atoms with Gasteiger partial charge in [0.05, 0.1) is 0 Å². The van der Waals surface area contributed by atoms with Crippen LogP contribution in [0.25, 0.3) is 23.3 Å². The zero-order chi connectivity index (χ0) is 34.0. The quantitative estimate of drug-likeness (QED) is 0.172. The van der Waals surface area contributed by atoms with Crippen LogP contribution in [0.4, 0.5) is 0 Å². The van der Waals surface area contributed by atoms with Gasteiger partial charge in [0.25, 0.3) is 0 Å². The van der Waals surface area contributed by atoms with Crippen LogP contribution in [0.5, 0.6) is 0 Å². The van der Waals surface area contributed by atoms with Crippen LogP contribution in [0.1, 0.15) is 88.3 Å². The van der Waals surface area contributed by atoms with Crippen molar-refractivity contribution in [2.75, 3.05) is 0 Å². The monoisotopic (exact) mass is 744 g/mol. The second-order valence-electron chi connectivity index (χ2n) is 16.9. The van der Waals surface area contributed by atoms with Crippen LogP contribution >= 0.6 is 23.2 Å².